The Hall–Kier alpha value is -3.22. The van der Waals surface area contributed by atoms with Gasteiger partial charge in [0, 0.05) is 0 Å². The van der Waals surface area contributed by atoms with E-state index in [1.807, 2.05) is 18.2 Å². The van der Waals surface area contributed by atoms with Crippen molar-refractivity contribution in [1.82, 2.24) is 5.43 Å². The lowest BCUT2D eigenvalue weighted by atomic mass is 10.2. The van der Waals surface area contributed by atoms with Gasteiger partial charge < -0.3 is 18.9 Å². The molecule has 0 aromatic heterocycles. The molecule has 3 rings (SSSR count). The maximum atomic E-state index is 11.8. The van der Waals surface area contributed by atoms with Gasteiger partial charge in [0.1, 0.15) is 13.2 Å². The van der Waals surface area contributed by atoms with Gasteiger partial charge in [-0.05, 0) is 35.9 Å². The summed E-state index contributed by atoms with van der Waals surface area (Å²) in [7, 11) is 1.54. The van der Waals surface area contributed by atoms with Crippen LogP contribution in [0.5, 0.6) is 23.0 Å². The van der Waals surface area contributed by atoms with E-state index in [-0.39, 0.29) is 12.5 Å². The Morgan fingerprint density at radius 1 is 1.16 bits per heavy atom. The molecule has 7 nitrogen and oxygen atoms in total. The molecule has 0 aliphatic carbocycles. The molecule has 1 heterocycles. The molecule has 0 unspecified atom stereocenters. The highest BCUT2D eigenvalue weighted by Gasteiger charge is 2.11. The van der Waals surface area contributed by atoms with Crippen LogP contribution in [0.25, 0.3) is 0 Å². The SMILES string of the molecule is COc1ccccc1OCC(=O)N/N=C\c1ccc2c(c1)OCCO2. The first-order chi connectivity index (χ1) is 12.3. The van der Waals surface area contributed by atoms with Gasteiger partial charge in [0.25, 0.3) is 5.91 Å². The molecular formula is C18H18N2O5. The maximum Gasteiger partial charge on any atom is 0.277 e. The van der Waals surface area contributed by atoms with E-state index in [1.165, 1.54) is 6.21 Å². The molecule has 1 amide bonds. The van der Waals surface area contributed by atoms with Crippen LogP contribution in [0.4, 0.5) is 0 Å². The fourth-order valence-corrected chi connectivity index (χ4v) is 2.23. The number of para-hydroxylation sites is 2. The second-order valence-corrected chi connectivity index (χ2v) is 5.14. The molecule has 1 N–H and O–H groups in total. The van der Waals surface area contributed by atoms with Gasteiger partial charge >= 0.3 is 0 Å². The van der Waals surface area contributed by atoms with E-state index in [0.29, 0.717) is 36.2 Å². The Balaban J connectivity index is 1.51. The minimum atomic E-state index is -0.375. The number of hydrazone groups is 1. The first kappa shape index (κ1) is 16.6. The van der Waals surface area contributed by atoms with Crippen molar-refractivity contribution in [2.45, 2.75) is 0 Å². The van der Waals surface area contributed by atoms with Crippen LogP contribution in [-0.4, -0.2) is 39.1 Å². The molecule has 1 aliphatic heterocycles. The third-order valence-corrected chi connectivity index (χ3v) is 3.40. The zero-order valence-corrected chi connectivity index (χ0v) is 13.7. The zero-order chi connectivity index (χ0) is 17.5. The van der Waals surface area contributed by atoms with E-state index in [9.17, 15) is 4.79 Å². The summed E-state index contributed by atoms with van der Waals surface area (Å²) in [6, 6.07) is 12.5. The van der Waals surface area contributed by atoms with Crippen LogP contribution in [0, 0.1) is 0 Å². The number of hydrogen-bond acceptors (Lipinski definition) is 6. The van der Waals surface area contributed by atoms with Gasteiger partial charge in [0.15, 0.2) is 29.6 Å². The molecular weight excluding hydrogens is 324 g/mol. The number of amides is 1. The van der Waals surface area contributed by atoms with E-state index >= 15 is 0 Å². The summed E-state index contributed by atoms with van der Waals surface area (Å²) in [5.74, 6) is 2.06. The smallest absolute Gasteiger partial charge is 0.277 e. The molecule has 0 radical (unpaired) electrons. The van der Waals surface area contributed by atoms with Crippen molar-refractivity contribution in [2.75, 3.05) is 26.9 Å². The summed E-state index contributed by atoms with van der Waals surface area (Å²) in [6.07, 6.45) is 1.53. The van der Waals surface area contributed by atoms with Crippen molar-refractivity contribution in [3.63, 3.8) is 0 Å². The van der Waals surface area contributed by atoms with Crippen molar-refractivity contribution >= 4 is 12.1 Å². The molecule has 130 valence electrons. The normalized spacial score (nSPS) is 12.7. The highest BCUT2D eigenvalue weighted by molar-refractivity contribution is 5.83. The highest BCUT2D eigenvalue weighted by atomic mass is 16.6. The van der Waals surface area contributed by atoms with Crippen molar-refractivity contribution in [3.8, 4) is 23.0 Å². The average molecular weight is 342 g/mol. The van der Waals surface area contributed by atoms with Gasteiger partial charge in [-0.15, -0.1) is 0 Å². The number of hydrogen-bond donors (Lipinski definition) is 1. The summed E-state index contributed by atoms with van der Waals surface area (Å²) in [6.45, 7) is 0.895. The number of fused-ring (bicyclic) bond motifs is 1. The average Bonchev–Trinajstić information content (AvgIpc) is 2.66. The molecule has 1 aliphatic rings. The Kier molecular flexibility index (Phi) is 5.36. The lowest BCUT2D eigenvalue weighted by molar-refractivity contribution is -0.123. The van der Waals surface area contributed by atoms with Gasteiger partial charge in [-0.2, -0.15) is 5.10 Å². The van der Waals surface area contributed by atoms with Crippen LogP contribution in [0.15, 0.2) is 47.6 Å². The van der Waals surface area contributed by atoms with Gasteiger partial charge in [-0.1, -0.05) is 12.1 Å². The second kappa shape index (κ2) is 8.05. The first-order valence-corrected chi connectivity index (χ1v) is 7.73. The predicted octanol–water partition coefficient (Wildman–Crippen LogP) is 2.00. The molecule has 0 fully saturated rings. The van der Waals surface area contributed by atoms with Gasteiger partial charge in [0.2, 0.25) is 0 Å². The van der Waals surface area contributed by atoms with Crippen LogP contribution < -0.4 is 24.4 Å². The Morgan fingerprint density at radius 2 is 1.92 bits per heavy atom. The number of carbonyl (C=O) groups excluding carboxylic acids is 1. The zero-order valence-electron chi connectivity index (χ0n) is 13.7. The van der Waals surface area contributed by atoms with Crippen LogP contribution in [-0.2, 0) is 4.79 Å². The van der Waals surface area contributed by atoms with Crippen molar-refractivity contribution < 1.29 is 23.7 Å². The Labute approximate surface area is 145 Å². The largest absolute Gasteiger partial charge is 0.493 e. The summed E-state index contributed by atoms with van der Waals surface area (Å²) in [5, 5.41) is 3.91. The quantitative estimate of drug-likeness (QED) is 0.642. The van der Waals surface area contributed by atoms with Crippen molar-refractivity contribution in [2.24, 2.45) is 5.10 Å². The number of methoxy groups -OCH3 is 1. The molecule has 0 saturated heterocycles. The highest BCUT2D eigenvalue weighted by Crippen LogP contribution is 2.30. The van der Waals surface area contributed by atoms with E-state index in [2.05, 4.69) is 10.5 Å². The van der Waals surface area contributed by atoms with E-state index in [4.69, 9.17) is 18.9 Å². The number of ether oxygens (including phenoxy) is 4. The second-order valence-electron chi connectivity index (χ2n) is 5.14. The van der Waals surface area contributed by atoms with Crippen LogP contribution >= 0.6 is 0 Å². The Morgan fingerprint density at radius 3 is 2.72 bits per heavy atom. The Bertz CT molecular complexity index is 776. The molecule has 0 atom stereocenters. The monoisotopic (exact) mass is 342 g/mol. The topological polar surface area (TPSA) is 78.4 Å². The first-order valence-electron chi connectivity index (χ1n) is 7.73. The summed E-state index contributed by atoms with van der Waals surface area (Å²) >= 11 is 0. The number of nitrogens with zero attached hydrogens (tertiary/aromatic N) is 1. The van der Waals surface area contributed by atoms with Crippen molar-refractivity contribution in [3.05, 3.63) is 48.0 Å². The summed E-state index contributed by atoms with van der Waals surface area (Å²) < 4.78 is 21.5. The minimum absolute atomic E-state index is 0.168. The summed E-state index contributed by atoms with van der Waals surface area (Å²) in [5.41, 5.74) is 3.20. The lowest BCUT2D eigenvalue weighted by Gasteiger charge is -2.18. The van der Waals surface area contributed by atoms with Gasteiger partial charge in [-0.3, -0.25) is 4.79 Å². The lowest BCUT2D eigenvalue weighted by Crippen LogP contribution is -2.24. The number of benzene rings is 2. The maximum absolute atomic E-state index is 11.8. The standard InChI is InChI=1S/C18H18N2O5/c1-22-14-4-2-3-5-15(14)25-12-18(21)20-19-11-13-6-7-16-17(10-13)24-9-8-23-16/h2-7,10-11H,8-9,12H2,1H3,(H,20,21)/b19-11-. The molecule has 0 bridgehead atoms. The van der Waals surface area contributed by atoms with Crippen molar-refractivity contribution in [1.29, 1.82) is 0 Å². The van der Waals surface area contributed by atoms with Crippen LogP contribution in [0.2, 0.25) is 0 Å². The van der Waals surface area contributed by atoms with Gasteiger partial charge in [0.05, 0.1) is 13.3 Å². The number of nitrogens with one attached hydrogen (secondary N) is 1. The van der Waals surface area contributed by atoms with Crippen LogP contribution in [0.3, 0.4) is 0 Å². The van der Waals surface area contributed by atoms with Gasteiger partial charge in [-0.25, -0.2) is 5.43 Å². The molecule has 25 heavy (non-hydrogen) atoms. The van der Waals surface area contributed by atoms with E-state index in [1.54, 1.807) is 31.4 Å². The van der Waals surface area contributed by atoms with E-state index in [0.717, 1.165) is 5.56 Å². The third-order valence-electron chi connectivity index (χ3n) is 3.40. The van der Waals surface area contributed by atoms with Crippen LogP contribution in [0.1, 0.15) is 5.56 Å². The molecule has 2 aromatic carbocycles. The predicted molar refractivity (Wildman–Crippen MR) is 91.7 cm³/mol. The fourth-order valence-electron chi connectivity index (χ4n) is 2.23. The summed E-state index contributed by atoms with van der Waals surface area (Å²) in [4.78, 5) is 11.8. The molecule has 7 heteroatoms. The minimum Gasteiger partial charge on any atom is -0.493 e. The molecule has 0 saturated carbocycles. The van der Waals surface area contributed by atoms with E-state index < -0.39 is 0 Å². The fraction of sp³-hybridized carbons (Fsp3) is 0.222. The molecule has 2 aromatic rings. The number of rotatable bonds is 6. The third kappa shape index (κ3) is 4.41. The molecule has 0 spiro atoms. The number of carbonyl (C=O) groups is 1.